The van der Waals surface area contributed by atoms with Gasteiger partial charge < -0.3 is 0 Å². The molecule has 0 spiro atoms. The van der Waals surface area contributed by atoms with E-state index in [1.54, 1.807) is 6.07 Å². The fraction of sp³-hybridized carbons (Fsp3) is 0.438. The summed E-state index contributed by atoms with van der Waals surface area (Å²) in [5, 5.41) is 0.916. The van der Waals surface area contributed by atoms with Crippen molar-refractivity contribution >= 4 is 23.2 Å². The van der Waals surface area contributed by atoms with E-state index in [-0.39, 0.29) is 0 Å². The molecule has 0 amide bonds. The lowest BCUT2D eigenvalue weighted by atomic mass is 10.1. The normalized spacial score (nSPS) is 18.3. The average Bonchev–Trinajstić information content (AvgIpc) is 3.34. The smallest absolute Gasteiger partial charge is 0.135 e. The molecule has 1 fully saturated rings. The molecule has 4 rings (SSSR count). The van der Waals surface area contributed by atoms with E-state index >= 15 is 0 Å². The lowest BCUT2D eigenvalue weighted by Crippen LogP contribution is -2.31. The van der Waals surface area contributed by atoms with Crippen molar-refractivity contribution in [3.05, 3.63) is 51.3 Å². The third-order valence-corrected chi connectivity index (χ3v) is 4.81. The molecule has 0 unspecified atom stereocenters. The first-order valence-electron chi connectivity index (χ1n) is 7.57. The van der Waals surface area contributed by atoms with Crippen molar-refractivity contribution < 1.29 is 0 Å². The summed E-state index contributed by atoms with van der Waals surface area (Å²) in [6.07, 6.45) is 5.46. The van der Waals surface area contributed by atoms with Crippen LogP contribution in [0.15, 0.2) is 18.3 Å². The van der Waals surface area contributed by atoms with E-state index in [1.165, 1.54) is 24.1 Å². The van der Waals surface area contributed by atoms with Gasteiger partial charge in [0, 0.05) is 37.3 Å². The minimum atomic E-state index is 0.430. The number of halogens is 2. The summed E-state index contributed by atoms with van der Waals surface area (Å²) in [5.41, 5.74) is 3.45. The summed E-state index contributed by atoms with van der Waals surface area (Å²) in [5.74, 6) is 1.61. The summed E-state index contributed by atoms with van der Waals surface area (Å²) >= 11 is 12.0. The van der Waals surface area contributed by atoms with Crippen LogP contribution in [-0.2, 0) is 19.5 Å². The van der Waals surface area contributed by atoms with Crippen LogP contribution in [-0.4, -0.2) is 26.4 Å². The molecule has 1 aliphatic carbocycles. The number of pyridine rings is 1. The maximum absolute atomic E-state index is 6.18. The fourth-order valence-electron chi connectivity index (χ4n) is 2.85. The molecule has 0 atom stereocenters. The molecule has 4 nitrogen and oxygen atoms in total. The van der Waals surface area contributed by atoms with Crippen molar-refractivity contribution in [3.63, 3.8) is 0 Å². The Hall–Kier alpha value is -1.23. The number of fused-ring (bicyclic) bond motifs is 1. The van der Waals surface area contributed by atoms with Crippen molar-refractivity contribution in [2.75, 3.05) is 6.54 Å². The predicted molar refractivity (Wildman–Crippen MR) is 86.1 cm³/mol. The number of hydrogen-bond donors (Lipinski definition) is 0. The highest BCUT2D eigenvalue weighted by atomic mass is 35.5. The van der Waals surface area contributed by atoms with Crippen LogP contribution >= 0.6 is 23.2 Å². The van der Waals surface area contributed by atoms with E-state index in [1.807, 2.05) is 12.3 Å². The fourth-order valence-corrected chi connectivity index (χ4v) is 3.25. The molecular formula is C16H16Cl2N4. The van der Waals surface area contributed by atoms with Crippen LogP contribution < -0.4 is 0 Å². The molecule has 114 valence electrons. The maximum atomic E-state index is 6.18. The van der Waals surface area contributed by atoms with Gasteiger partial charge in [-0.3, -0.25) is 4.90 Å². The van der Waals surface area contributed by atoms with Crippen LogP contribution in [0.1, 0.15) is 41.4 Å². The third-order valence-electron chi connectivity index (χ3n) is 4.27. The Kier molecular flexibility index (Phi) is 3.76. The van der Waals surface area contributed by atoms with Gasteiger partial charge in [0.1, 0.15) is 16.1 Å². The maximum Gasteiger partial charge on any atom is 0.135 e. The Labute approximate surface area is 139 Å². The highest BCUT2D eigenvalue weighted by Crippen LogP contribution is 2.38. The first-order valence-corrected chi connectivity index (χ1v) is 8.32. The largest absolute Gasteiger partial charge is 0.293 e. The van der Waals surface area contributed by atoms with Gasteiger partial charge in [0.2, 0.25) is 0 Å². The van der Waals surface area contributed by atoms with Crippen molar-refractivity contribution in [2.45, 2.75) is 38.3 Å². The van der Waals surface area contributed by atoms with E-state index in [2.05, 4.69) is 14.9 Å². The SMILES string of the molecule is Clc1ccc(CN2CCc3cnc(C4CC4)nc3C2)c(Cl)n1. The second-order valence-electron chi connectivity index (χ2n) is 6.02. The second-order valence-corrected chi connectivity index (χ2v) is 6.76. The lowest BCUT2D eigenvalue weighted by Gasteiger charge is -2.28. The zero-order chi connectivity index (χ0) is 15.1. The van der Waals surface area contributed by atoms with Crippen molar-refractivity contribution in [2.24, 2.45) is 0 Å². The van der Waals surface area contributed by atoms with Gasteiger partial charge in [-0.1, -0.05) is 29.3 Å². The van der Waals surface area contributed by atoms with Gasteiger partial charge in [0.05, 0.1) is 5.69 Å². The van der Waals surface area contributed by atoms with E-state index < -0.39 is 0 Å². The van der Waals surface area contributed by atoms with Gasteiger partial charge in [0.25, 0.3) is 0 Å². The van der Waals surface area contributed by atoms with Crippen LogP contribution in [0.3, 0.4) is 0 Å². The standard InChI is InChI=1S/C16H16Cl2N4/c17-14-4-3-12(15(18)21-14)8-22-6-5-11-7-19-16(10-1-2-10)20-13(11)9-22/h3-4,7,10H,1-2,5-6,8-9H2. The van der Waals surface area contributed by atoms with Gasteiger partial charge in [0.15, 0.2) is 0 Å². The summed E-state index contributed by atoms with van der Waals surface area (Å²) in [7, 11) is 0. The summed E-state index contributed by atoms with van der Waals surface area (Å²) < 4.78 is 0. The summed E-state index contributed by atoms with van der Waals surface area (Å²) in [4.78, 5) is 15.8. The zero-order valence-electron chi connectivity index (χ0n) is 12.1. The van der Waals surface area contributed by atoms with Gasteiger partial charge in [-0.15, -0.1) is 0 Å². The molecule has 3 heterocycles. The number of aromatic nitrogens is 3. The first-order chi connectivity index (χ1) is 10.7. The van der Waals surface area contributed by atoms with Gasteiger partial charge in [-0.25, -0.2) is 15.0 Å². The molecule has 1 saturated carbocycles. The molecule has 22 heavy (non-hydrogen) atoms. The molecule has 0 bridgehead atoms. The van der Waals surface area contributed by atoms with Crippen LogP contribution in [0.2, 0.25) is 10.3 Å². The Balaban J connectivity index is 1.52. The molecule has 0 radical (unpaired) electrons. The van der Waals surface area contributed by atoms with Crippen molar-refractivity contribution in [1.82, 2.24) is 19.9 Å². The highest BCUT2D eigenvalue weighted by Gasteiger charge is 2.28. The molecule has 1 aliphatic heterocycles. The Morgan fingerprint density at radius 2 is 2.05 bits per heavy atom. The molecule has 2 aromatic rings. The average molecular weight is 335 g/mol. The molecular weight excluding hydrogens is 319 g/mol. The van der Waals surface area contributed by atoms with Gasteiger partial charge in [-0.05, 0) is 30.9 Å². The molecule has 2 aromatic heterocycles. The van der Waals surface area contributed by atoms with E-state index in [0.717, 1.165) is 37.4 Å². The van der Waals surface area contributed by atoms with Crippen LogP contribution in [0, 0.1) is 0 Å². The van der Waals surface area contributed by atoms with Crippen molar-refractivity contribution in [3.8, 4) is 0 Å². The third kappa shape index (κ3) is 2.96. The molecule has 0 saturated heterocycles. The topological polar surface area (TPSA) is 41.9 Å². The second kappa shape index (κ2) is 5.76. The Morgan fingerprint density at radius 3 is 2.82 bits per heavy atom. The zero-order valence-corrected chi connectivity index (χ0v) is 13.6. The predicted octanol–water partition coefficient (Wildman–Crippen LogP) is 3.61. The lowest BCUT2D eigenvalue weighted by molar-refractivity contribution is 0.240. The molecule has 0 N–H and O–H groups in total. The number of hydrogen-bond acceptors (Lipinski definition) is 4. The molecule has 6 heteroatoms. The molecule has 2 aliphatic rings. The Morgan fingerprint density at radius 1 is 1.18 bits per heavy atom. The highest BCUT2D eigenvalue weighted by molar-refractivity contribution is 6.32. The van der Waals surface area contributed by atoms with E-state index in [9.17, 15) is 0 Å². The molecule has 0 aromatic carbocycles. The number of nitrogens with zero attached hydrogens (tertiary/aromatic N) is 4. The van der Waals surface area contributed by atoms with E-state index in [4.69, 9.17) is 28.2 Å². The number of rotatable bonds is 3. The Bertz CT molecular complexity index is 715. The van der Waals surface area contributed by atoms with Crippen LogP contribution in [0.4, 0.5) is 0 Å². The summed E-state index contributed by atoms with van der Waals surface area (Å²) in [6, 6.07) is 3.73. The van der Waals surface area contributed by atoms with Gasteiger partial charge >= 0.3 is 0 Å². The van der Waals surface area contributed by atoms with Gasteiger partial charge in [-0.2, -0.15) is 0 Å². The van der Waals surface area contributed by atoms with Crippen molar-refractivity contribution in [1.29, 1.82) is 0 Å². The van der Waals surface area contributed by atoms with Crippen LogP contribution in [0.5, 0.6) is 0 Å². The first kappa shape index (κ1) is 14.4. The monoisotopic (exact) mass is 334 g/mol. The quantitative estimate of drug-likeness (QED) is 0.804. The minimum Gasteiger partial charge on any atom is -0.293 e. The van der Waals surface area contributed by atoms with E-state index in [0.29, 0.717) is 16.2 Å². The minimum absolute atomic E-state index is 0.430. The summed E-state index contributed by atoms with van der Waals surface area (Å²) in [6.45, 7) is 2.60. The van der Waals surface area contributed by atoms with Crippen LogP contribution in [0.25, 0.3) is 0 Å².